The summed E-state index contributed by atoms with van der Waals surface area (Å²) in [5.41, 5.74) is 1.90. The largest absolute Gasteiger partial charge is 0.382 e. The van der Waals surface area contributed by atoms with Crippen molar-refractivity contribution >= 4 is 11.5 Å². The molecule has 0 atom stereocenters. The molecule has 1 fully saturated rings. The number of carbonyl (C=O) groups is 1. The molecular formula is C15H22N2O. The Hall–Kier alpha value is -1.35. The summed E-state index contributed by atoms with van der Waals surface area (Å²) in [7, 11) is 2.04. The van der Waals surface area contributed by atoms with Crippen molar-refractivity contribution in [2.45, 2.75) is 44.7 Å². The van der Waals surface area contributed by atoms with Gasteiger partial charge in [-0.2, -0.15) is 0 Å². The van der Waals surface area contributed by atoms with Gasteiger partial charge in [0.15, 0.2) is 5.78 Å². The molecule has 18 heavy (non-hydrogen) atoms. The Labute approximate surface area is 109 Å². The summed E-state index contributed by atoms with van der Waals surface area (Å²) in [6, 6.07) is 9.04. The predicted octanol–water partition coefficient (Wildman–Crippen LogP) is 2.83. The van der Waals surface area contributed by atoms with Crippen LogP contribution in [0, 0.1) is 0 Å². The van der Waals surface area contributed by atoms with Gasteiger partial charge in [0, 0.05) is 23.3 Å². The van der Waals surface area contributed by atoms with Gasteiger partial charge in [-0.1, -0.05) is 0 Å². The van der Waals surface area contributed by atoms with Crippen LogP contribution in [0.2, 0.25) is 0 Å². The molecule has 98 valence electrons. The zero-order chi connectivity index (χ0) is 13.0. The summed E-state index contributed by atoms with van der Waals surface area (Å²) in [6.45, 7) is 1.60. The van der Waals surface area contributed by atoms with E-state index < -0.39 is 0 Å². The highest BCUT2D eigenvalue weighted by Gasteiger charge is 2.19. The second-order valence-corrected chi connectivity index (χ2v) is 5.12. The average molecular weight is 246 g/mol. The third-order valence-corrected chi connectivity index (χ3v) is 3.80. The smallest absolute Gasteiger partial charge is 0.159 e. The number of Topliss-reactive ketones (excluding diaryl/α,β-unsaturated/α-hetero) is 1. The Morgan fingerprint density at radius 2 is 1.61 bits per heavy atom. The van der Waals surface area contributed by atoms with Gasteiger partial charge < -0.3 is 10.6 Å². The molecule has 0 bridgehead atoms. The first-order chi connectivity index (χ1) is 8.69. The molecule has 1 aromatic rings. The first-order valence-corrected chi connectivity index (χ1v) is 6.74. The molecule has 1 aliphatic carbocycles. The summed E-state index contributed by atoms with van der Waals surface area (Å²) >= 11 is 0. The molecule has 2 rings (SSSR count). The maximum absolute atomic E-state index is 11.2. The van der Waals surface area contributed by atoms with Crippen molar-refractivity contribution in [3.63, 3.8) is 0 Å². The predicted molar refractivity (Wildman–Crippen MR) is 75.2 cm³/mol. The van der Waals surface area contributed by atoms with E-state index in [9.17, 15) is 4.79 Å². The van der Waals surface area contributed by atoms with Crippen molar-refractivity contribution in [3.8, 4) is 0 Å². The van der Waals surface area contributed by atoms with E-state index in [-0.39, 0.29) is 5.78 Å². The van der Waals surface area contributed by atoms with Crippen molar-refractivity contribution in [2.75, 3.05) is 12.4 Å². The second kappa shape index (κ2) is 6.01. The Kier molecular flexibility index (Phi) is 4.37. The number of anilines is 1. The van der Waals surface area contributed by atoms with Gasteiger partial charge in [0.05, 0.1) is 0 Å². The standard InChI is InChI=1S/C15H22N2O/c1-11(18)12-3-5-14(6-4-12)17-15-9-7-13(16-2)8-10-15/h3-6,13,15-17H,7-10H2,1-2H3. The maximum atomic E-state index is 11.2. The van der Waals surface area contributed by atoms with E-state index in [0.29, 0.717) is 12.1 Å². The molecule has 3 nitrogen and oxygen atoms in total. The second-order valence-electron chi connectivity index (χ2n) is 5.12. The van der Waals surface area contributed by atoms with Gasteiger partial charge in [0.25, 0.3) is 0 Å². The zero-order valence-electron chi connectivity index (χ0n) is 11.2. The zero-order valence-corrected chi connectivity index (χ0v) is 11.2. The topological polar surface area (TPSA) is 41.1 Å². The van der Waals surface area contributed by atoms with Crippen molar-refractivity contribution in [1.82, 2.24) is 5.32 Å². The van der Waals surface area contributed by atoms with Gasteiger partial charge in [-0.15, -0.1) is 0 Å². The Morgan fingerprint density at radius 1 is 1.06 bits per heavy atom. The lowest BCUT2D eigenvalue weighted by molar-refractivity contribution is 0.101. The first kappa shape index (κ1) is 13.1. The fraction of sp³-hybridized carbons (Fsp3) is 0.533. The minimum Gasteiger partial charge on any atom is -0.382 e. The molecule has 0 unspecified atom stereocenters. The van der Waals surface area contributed by atoms with E-state index in [1.165, 1.54) is 25.7 Å². The normalized spacial score (nSPS) is 23.7. The molecule has 0 amide bonds. The van der Waals surface area contributed by atoms with Crippen molar-refractivity contribution in [3.05, 3.63) is 29.8 Å². The van der Waals surface area contributed by atoms with Gasteiger partial charge in [0.1, 0.15) is 0 Å². The van der Waals surface area contributed by atoms with Crippen LogP contribution in [0.3, 0.4) is 0 Å². The third-order valence-electron chi connectivity index (χ3n) is 3.80. The lowest BCUT2D eigenvalue weighted by Gasteiger charge is -2.29. The van der Waals surface area contributed by atoms with Gasteiger partial charge in [-0.05, 0) is 63.9 Å². The number of rotatable bonds is 4. The number of hydrogen-bond donors (Lipinski definition) is 2. The fourth-order valence-corrected chi connectivity index (χ4v) is 2.56. The molecule has 3 heteroatoms. The molecule has 0 aliphatic heterocycles. The van der Waals surface area contributed by atoms with Crippen LogP contribution >= 0.6 is 0 Å². The van der Waals surface area contributed by atoms with E-state index in [4.69, 9.17) is 0 Å². The summed E-state index contributed by atoms with van der Waals surface area (Å²) < 4.78 is 0. The van der Waals surface area contributed by atoms with E-state index in [2.05, 4.69) is 10.6 Å². The number of carbonyl (C=O) groups excluding carboxylic acids is 1. The van der Waals surface area contributed by atoms with Crippen LogP contribution in [0.15, 0.2) is 24.3 Å². The summed E-state index contributed by atoms with van der Waals surface area (Å²) in [4.78, 5) is 11.2. The van der Waals surface area contributed by atoms with Crippen molar-refractivity contribution in [1.29, 1.82) is 0 Å². The van der Waals surface area contributed by atoms with Gasteiger partial charge in [-0.3, -0.25) is 4.79 Å². The molecule has 1 saturated carbocycles. The van der Waals surface area contributed by atoms with Crippen molar-refractivity contribution in [2.24, 2.45) is 0 Å². The monoisotopic (exact) mass is 246 g/mol. The molecule has 1 aliphatic rings. The molecule has 0 radical (unpaired) electrons. The van der Waals surface area contributed by atoms with Crippen LogP contribution in [0.1, 0.15) is 43.0 Å². The van der Waals surface area contributed by atoms with Crippen LogP contribution < -0.4 is 10.6 Å². The highest BCUT2D eigenvalue weighted by Crippen LogP contribution is 2.22. The summed E-state index contributed by atoms with van der Waals surface area (Å²) in [5.74, 6) is 0.121. The van der Waals surface area contributed by atoms with Crippen LogP contribution in [-0.4, -0.2) is 24.9 Å². The number of benzene rings is 1. The lowest BCUT2D eigenvalue weighted by atomic mass is 9.91. The van der Waals surface area contributed by atoms with Crippen LogP contribution in [-0.2, 0) is 0 Å². The summed E-state index contributed by atoms with van der Waals surface area (Å²) in [6.07, 6.45) is 4.89. The van der Waals surface area contributed by atoms with Gasteiger partial charge in [0.2, 0.25) is 0 Å². The molecule has 0 heterocycles. The fourth-order valence-electron chi connectivity index (χ4n) is 2.56. The van der Waals surface area contributed by atoms with E-state index >= 15 is 0 Å². The summed E-state index contributed by atoms with van der Waals surface area (Å²) in [5, 5.41) is 6.90. The first-order valence-electron chi connectivity index (χ1n) is 6.74. The molecule has 0 aromatic heterocycles. The molecule has 2 N–H and O–H groups in total. The van der Waals surface area contributed by atoms with Crippen LogP contribution in [0.4, 0.5) is 5.69 Å². The van der Waals surface area contributed by atoms with Crippen LogP contribution in [0.25, 0.3) is 0 Å². The molecule has 1 aromatic carbocycles. The average Bonchev–Trinajstić information content (AvgIpc) is 2.40. The Morgan fingerprint density at radius 3 is 2.11 bits per heavy atom. The maximum Gasteiger partial charge on any atom is 0.159 e. The highest BCUT2D eigenvalue weighted by molar-refractivity contribution is 5.94. The molecule has 0 saturated heterocycles. The van der Waals surface area contributed by atoms with E-state index in [1.807, 2.05) is 31.3 Å². The third kappa shape index (κ3) is 3.33. The minimum atomic E-state index is 0.121. The molecule has 0 spiro atoms. The number of nitrogens with one attached hydrogen (secondary N) is 2. The molecular weight excluding hydrogens is 224 g/mol. The number of hydrogen-bond acceptors (Lipinski definition) is 3. The highest BCUT2D eigenvalue weighted by atomic mass is 16.1. The van der Waals surface area contributed by atoms with E-state index in [1.54, 1.807) is 6.92 Å². The number of ketones is 1. The lowest BCUT2D eigenvalue weighted by Crippen LogP contribution is -2.34. The van der Waals surface area contributed by atoms with Gasteiger partial charge >= 0.3 is 0 Å². The van der Waals surface area contributed by atoms with Gasteiger partial charge in [-0.25, -0.2) is 0 Å². The quantitative estimate of drug-likeness (QED) is 0.803. The Balaban J connectivity index is 1.88. The van der Waals surface area contributed by atoms with E-state index in [0.717, 1.165) is 11.3 Å². The van der Waals surface area contributed by atoms with Crippen molar-refractivity contribution < 1.29 is 4.79 Å². The minimum absolute atomic E-state index is 0.121. The van der Waals surface area contributed by atoms with Crippen LogP contribution in [0.5, 0.6) is 0 Å². The SMILES string of the molecule is CNC1CCC(Nc2ccc(C(C)=O)cc2)CC1. The Bertz CT molecular complexity index is 391.